The molecule has 2 aliphatic heterocycles. The van der Waals surface area contributed by atoms with Gasteiger partial charge in [0, 0.05) is 24.8 Å². The molecule has 1 amide bonds. The maximum absolute atomic E-state index is 12.6. The normalized spacial score (nSPS) is 24.7. The fourth-order valence-electron chi connectivity index (χ4n) is 4.35. The Morgan fingerprint density at radius 2 is 2.17 bits per heavy atom. The van der Waals surface area contributed by atoms with Gasteiger partial charge in [-0.3, -0.25) is 4.79 Å². The van der Waals surface area contributed by atoms with Gasteiger partial charge in [0.05, 0.1) is 17.5 Å². The molecule has 0 spiro atoms. The van der Waals surface area contributed by atoms with E-state index in [-0.39, 0.29) is 5.91 Å². The van der Waals surface area contributed by atoms with E-state index in [1.807, 2.05) is 13.0 Å². The van der Waals surface area contributed by atoms with Crippen LogP contribution in [0.1, 0.15) is 48.2 Å². The van der Waals surface area contributed by atoms with E-state index in [0.717, 1.165) is 17.9 Å². The van der Waals surface area contributed by atoms with Crippen LogP contribution in [-0.4, -0.2) is 51.1 Å². The van der Waals surface area contributed by atoms with Gasteiger partial charge in [0.2, 0.25) is 0 Å². The minimum atomic E-state index is -0.0367. The molecule has 6 heteroatoms. The number of carbonyl (C=O) groups excluding carboxylic acids is 1. The highest BCUT2D eigenvalue weighted by molar-refractivity contribution is 5.95. The minimum absolute atomic E-state index is 0.0367. The second kappa shape index (κ2) is 6.51. The number of nitrogens with one attached hydrogen (secondary N) is 1. The van der Waals surface area contributed by atoms with E-state index in [0.29, 0.717) is 17.5 Å². The molecule has 2 atom stereocenters. The summed E-state index contributed by atoms with van der Waals surface area (Å²) >= 11 is 0. The molecule has 2 fully saturated rings. The molecule has 1 N–H and O–H groups in total. The molecule has 24 heavy (non-hydrogen) atoms. The lowest BCUT2D eigenvalue weighted by atomic mass is 9.83. The predicted molar refractivity (Wildman–Crippen MR) is 92.0 cm³/mol. The zero-order valence-electron chi connectivity index (χ0n) is 14.2. The van der Waals surface area contributed by atoms with Crippen molar-refractivity contribution in [3.63, 3.8) is 0 Å². The van der Waals surface area contributed by atoms with Crippen LogP contribution in [0.5, 0.6) is 0 Å². The number of amides is 1. The summed E-state index contributed by atoms with van der Waals surface area (Å²) in [5.41, 5.74) is 2.22. The van der Waals surface area contributed by atoms with E-state index in [4.69, 9.17) is 0 Å². The molecule has 2 aromatic heterocycles. The molecule has 0 unspecified atom stereocenters. The largest absolute Gasteiger partial charge is 0.352 e. The van der Waals surface area contributed by atoms with Crippen molar-refractivity contribution in [1.82, 2.24) is 24.8 Å². The first-order valence-corrected chi connectivity index (χ1v) is 9.05. The average molecular weight is 327 g/mol. The van der Waals surface area contributed by atoms with Gasteiger partial charge in [-0.1, -0.05) is 6.42 Å². The highest BCUT2D eigenvalue weighted by Crippen LogP contribution is 2.30. The molecule has 0 bridgehead atoms. The summed E-state index contributed by atoms with van der Waals surface area (Å²) in [6.45, 7) is 5.14. The molecule has 4 heterocycles. The molecule has 0 aliphatic carbocycles. The van der Waals surface area contributed by atoms with Gasteiger partial charge in [-0.05, 0) is 51.6 Å². The summed E-state index contributed by atoms with van der Waals surface area (Å²) < 4.78 is 1.72. The van der Waals surface area contributed by atoms with Gasteiger partial charge >= 0.3 is 0 Å². The van der Waals surface area contributed by atoms with Crippen molar-refractivity contribution in [1.29, 1.82) is 0 Å². The number of aryl methyl sites for hydroxylation is 1. The van der Waals surface area contributed by atoms with Crippen molar-refractivity contribution >= 4 is 11.6 Å². The Morgan fingerprint density at radius 3 is 3.08 bits per heavy atom. The number of nitrogens with zero attached hydrogens (tertiary/aromatic N) is 4. The standard InChI is InChI=1S/C18H25N5O/c1-13-15(12-19-17-7-8-21-23(13)17)18(24)20-11-14-5-4-10-22-9-3-2-6-16(14)22/h7-8,12,14,16H,2-6,9-11H2,1H3,(H,20,24)/t14-,16-/m1/s1. The third-order valence-corrected chi connectivity index (χ3v) is 5.65. The molecule has 128 valence electrons. The predicted octanol–water partition coefficient (Wildman–Crippen LogP) is 2.03. The third-order valence-electron chi connectivity index (χ3n) is 5.65. The number of fused-ring (bicyclic) bond motifs is 2. The van der Waals surface area contributed by atoms with Crippen molar-refractivity contribution in [2.24, 2.45) is 5.92 Å². The summed E-state index contributed by atoms with van der Waals surface area (Å²) in [4.78, 5) is 19.6. The van der Waals surface area contributed by atoms with Crippen LogP contribution >= 0.6 is 0 Å². The molecular formula is C18H25N5O. The molecule has 0 radical (unpaired) electrons. The van der Waals surface area contributed by atoms with Crippen LogP contribution < -0.4 is 5.32 Å². The Bertz CT molecular complexity index is 738. The van der Waals surface area contributed by atoms with E-state index < -0.39 is 0 Å². The Hall–Kier alpha value is -1.95. The van der Waals surface area contributed by atoms with Gasteiger partial charge in [0.25, 0.3) is 5.91 Å². The first kappa shape index (κ1) is 15.6. The summed E-state index contributed by atoms with van der Waals surface area (Å²) in [5.74, 6) is 0.537. The van der Waals surface area contributed by atoms with Crippen LogP contribution in [0.25, 0.3) is 5.65 Å². The second-order valence-corrected chi connectivity index (χ2v) is 7.07. The Kier molecular flexibility index (Phi) is 4.22. The lowest BCUT2D eigenvalue weighted by Gasteiger charge is -2.44. The zero-order valence-corrected chi connectivity index (χ0v) is 14.2. The summed E-state index contributed by atoms with van der Waals surface area (Å²) in [7, 11) is 0. The maximum atomic E-state index is 12.6. The van der Waals surface area contributed by atoms with Gasteiger partial charge in [-0.15, -0.1) is 0 Å². The smallest absolute Gasteiger partial charge is 0.254 e. The van der Waals surface area contributed by atoms with Crippen molar-refractivity contribution in [2.45, 2.75) is 45.1 Å². The molecule has 2 saturated heterocycles. The van der Waals surface area contributed by atoms with Crippen LogP contribution in [-0.2, 0) is 0 Å². The van der Waals surface area contributed by atoms with Crippen LogP contribution in [0.2, 0.25) is 0 Å². The van der Waals surface area contributed by atoms with Crippen LogP contribution in [0.3, 0.4) is 0 Å². The quantitative estimate of drug-likeness (QED) is 0.937. The summed E-state index contributed by atoms with van der Waals surface area (Å²) in [6.07, 6.45) is 9.76. The lowest BCUT2D eigenvalue weighted by Crippen LogP contribution is -2.51. The zero-order chi connectivity index (χ0) is 16.5. The van der Waals surface area contributed by atoms with E-state index in [2.05, 4.69) is 20.3 Å². The van der Waals surface area contributed by atoms with Crippen molar-refractivity contribution in [3.8, 4) is 0 Å². The Balaban J connectivity index is 1.44. The average Bonchev–Trinajstić information content (AvgIpc) is 3.09. The summed E-state index contributed by atoms with van der Waals surface area (Å²) in [5, 5.41) is 7.39. The lowest BCUT2D eigenvalue weighted by molar-refractivity contribution is 0.0575. The molecule has 0 aromatic carbocycles. The van der Waals surface area contributed by atoms with E-state index >= 15 is 0 Å². The Labute approximate surface area is 142 Å². The molecule has 6 nitrogen and oxygen atoms in total. The van der Waals surface area contributed by atoms with Gasteiger partial charge in [0.1, 0.15) is 0 Å². The van der Waals surface area contributed by atoms with Crippen molar-refractivity contribution in [3.05, 3.63) is 29.7 Å². The fourth-order valence-corrected chi connectivity index (χ4v) is 4.35. The highest BCUT2D eigenvalue weighted by Gasteiger charge is 2.33. The monoisotopic (exact) mass is 327 g/mol. The first-order valence-electron chi connectivity index (χ1n) is 9.05. The van der Waals surface area contributed by atoms with E-state index in [1.165, 1.54) is 45.2 Å². The number of hydrogen-bond donors (Lipinski definition) is 1. The SMILES string of the molecule is Cc1c(C(=O)NC[C@H]2CCCN3CCCC[C@H]23)cnc2ccnn12. The van der Waals surface area contributed by atoms with Crippen molar-refractivity contribution in [2.75, 3.05) is 19.6 Å². The van der Waals surface area contributed by atoms with Crippen molar-refractivity contribution < 1.29 is 4.79 Å². The third kappa shape index (κ3) is 2.79. The fraction of sp³-hybridized carbons (Fsp3) is 0.611. The van der Waals surface area contributed by atoms with E-state index in [9.17, 15) is 4.79 Å². The summed E-state index contributed by atoms with van der Waals surface area (Å²) in [6, 6.07) is 2.49. The number of carbonyl (C=O) groups is 1. The number of rotatable bonds is 3. The molecular weight excluding hydrogens is 302 g/mol. The number of piperidine rings is 2. The molecule has 0 saturated carbocycles. The number of aromatic nitrogens is 3. The minimum Gasteiger partial charge on any atom is -0.352 e. The van der Waals surface area contributed by atoms with E-state index in [1.54, 1.807) is 16.9 Å². The topological polar surface area (TPSA) is 62.5 Å². The van der Waals surface area contributed by atoms with Gasteiger partial charge in [-0.25, -0.2) is 9.50 Å². The molecule has 2 aliphatic rings. The highest BCUT2D eigenvalue weighted by atomic mass is 16.1. The van der Waals surface area contributed by atoms with Crippen LogP contribution in [0, 0.1) is 12.8 Å². The maximum Gasteiger partial charge on any atom is 0.254 e. The molecule has 2 aromatic rings. The Morgan fingerprint density at radius 1 is 1.29 bits per heavy atom. The van der Waals surface area contributed by atoms with Crippen LogP contribution in [0.15, 0.2) is 18.5 Å². The van der Waals surface area contributed by atoms with Gasteiger partial charge in [0.15, 0.2) is 5.65 Å². The first-order chi connectivity index (χ1) is 11.7. The van der Waals surface area contributed by atoms with Crippen LogP contribution in [0.4, 0.5) is 0 Å². The van der Waals surface area contributed by atoms with Gasteiger partial charge < -0.3 is 10.2 Å². The number of hydrogen-bond acceptors (Lipinski definition) is 4. The van der Waals surface area contributed by atoms with Gasteiger partial charge in [-0.2, -0.15) is 5.10 Å². The second-order valence-electron chi connectivity index (χ2n) is 7.07. The molecule has 4 rings (SSSR count).